The lowest BCUT2D eigenvalue weighted by Gasteiger charge is -2.04. The molecule has 0 fully saturated rings. The summed E-state index contributed by atoms with van der Waals surface area (Å²) in [6, 6.07) is 14.7. The topological polar surface area (TPSA) is 80.3 Å². The van der Waals surface area contributed by atoms with Crippen molar-refractivity contribution in [2.45, 2.75) is 20.8 Å². The molecule has 144 valence electrons. The van der Waals surface area contributed by atoms with Crippen LogP contribution in [0.5, 0.6) is 5.75 Å². The van der Waals surface area contributed by atoms with Gasteiger partial charge in [-0.15, -0.1) is 0 Å². The first kappa shape index (κ1) is 19.6. The van der Waals surface area contributed by atoms with Gasteiger partial charge < -0.3 is 10.1 Å². The van der Waals surface area contributed by atoms with Crippen molar-refractivity contribution in [1.29, 1.82) is 0 Å². The molecule has 2 aromatic carbocycles. The summed E-state index contributed by atoms with van der Waals surface area (Å²) < 4.78 is 5.39. The van der Waals surface area contributed by atoms with Crippen LogP contribution in [0.2, 0.25) is 0 Å². The van der Waals surface area contributed by atoms with Crippen molar-refractivity contribution >= 4 is 33.3 Å². The lowest BCUT2D eigenvalue weighted by atomic mass is 10.1. The molecule has 3 aromatic rings. The molecule has 0 atom stereocenters. The monoisotopic (exact) mass is 395 g/mol. The van der Waals surface area contributed by atoms with Gasteiger partial charge in [0, 0.05) is 18.1 Å². The van der Waals surface area contributed by atoms with Crippen molar-refractivity contribution in [2.75, 3.05) is 17.2 Å². The highest BCUT2D eigenvalue weighted by molar-refractivity contribution is 7.20. The van der Waals surface area contributed by atoms with Crippen LogP contribution in [0.15, 0.2) is 48.5 Å². The summed E-state index contributed by atoms with van der Waals surface area (Å²) in [6.07, 6.45) is 0. The van der Waals surface area contributed by atoms with E-state index in [9.17, 15) is 9.59 Å². The Hall–Kier alpha value is -3.19. The molecule has 0 aliphatic rings. The van der Waals surface area contributed by atoms with Gasteiger partial charge in [0.05, 0.1) is 6.61 Å². The number of amides is 2. The predicted molar refractivity (Wildman–Crippen MR) is 112 cm³/mol. The first-order valence-corrected chi connectivity index (χ1v) is 9.67. The van der Waals surface area contributed by atoms with Gasteiger partial charge in [-0.2, -0.15) is 0 Å². The summed E-state index contributed by atoms with van der Waals surface area (Å²) in [7, 11) is 0. The molecular formula is C21H21N3O3S. The van der Waals surface area contributed by atoms with Gasteiger partial charge in [-0.3, -0.25) is 14.9 Å². The lowest BCUT2D eigenvalue weighted by Crippen LogP contribution is -2.11. The van der Waals surface area contributed by atoms with Gasteiger partial charge >= 0.3 is 0 Å². The van der Waals surface area contributed by atoms with Crippen LogP contribution in [0.4, 0.5) is 10.1 Å². The maximum absolute atomic E-state index is 12.5. The molecule has 0 bridgehead atoms. The Morgan fingerprint density at radius 1 is 1.04 bits per heavy atom. The largest absolute Gasteiger partial charge is 0.494 e. The third kappa shape index (κ3) is 4.75. The number of rotatable bonds is 6. The molecule has 6 nitrogen and oxygen atoms in total. The van der Waals surface area contributed by atoms with Gasteiger partial charge in [-0.1, -0.05) is 41.2 Å². The number of aryl methyl sites for hydroxylation is 1. The van der Waals surface area contributed by atoms with Crippen LogP contribution in [0.3, 0.4) is 0 Å². The fourth-order valence-electron chi connectivity index (χ4n) is 2.56. The summed E-state index contributed by atoms with van der Waals surface area (Å²) in [6.45, 7) is 5.92. The number of hydrogen-bond donors (Lipinski definition) is 2. The molecule has 0 aliphatic carbocycles. The Bertz CT molecular complexity index is 979. The average Bonchev–Trinajstić information content (AvgIpc) is 3.04. The number of carbonyl (C=O) groups excluding carboxylic acids is 2. The van der Waals surface area contributed by atoms with Crippen LogP contribution in [0, 0.1) is 6.92 Å². The number of aromatic nitrogens is 1. The van der Waals surface area contributed by atoms with Gasteiger partial charge in [0.25, 0.3) is 5.91 Å². The van der Waals surface area contributed by atoms with Crippen molar-refractivity contribution in [2.24, 2.45) is 0 Å². The highest BCUT2D eigenvalue weighted by atomic mass is 32.1. The Labute approximate surface area is 167 Å². The van der Waals surface area contributed by atoms with Crippen molar-refractivity contribution in [1.82, 2.24) is 4.98 Å². The fraction of sp³-hybridized carbons (Fsp3) is 0.190. The van der Waals surface area contributed by atoms with Crippen molar-refractivity contribution in [3.05, 3.63) is 59.7 Å². The van der Waals surface area contributed by atoms with E-state index < -0.39 is 0 Å². The van der Waals surface area contributed by atoms with Crippen LogP contribution in [0.1, 0.15) is 29.8 Å². The van der Waals surface area contributed by atoms with E-state index in [-0.39, 0.29) is 11.8 Å². The fourth-order valence-corrected chi connectivity index (χ4v) is 3.49. The molecule has 0 radical (unpaired) electrons. The third-order valence-corrected chi connectivity index (χ3v) is 4.78. The number of benzene rings is 2. The lowest BCUT2D eigenvalue weighted by molar-refractivity contribution is -0.114. The molecule has 2 amide bonds. The van der Waals surface area contributed by atoms with E-state index in [1.54, 1.807) is 24.3 Å². The smallest absolute Gasteiger partial charge is 0.257 e. The van der Waals surface area contributed by atoms with Gasteiger partial charge in [-0.05, 0) is 38.1 Å². The molecule has 0 unspecified atom stereocenters. The van der Waals surface area contributed by atoms with E-state index in [1.807, 2.05) is 38.1 Å². The Balaban J connectivity index is 1.84. The van der Waals surface area contributed by atoms with Crippen LogP contribution in [-0.2, 0) is 4.79 Å². The molecule has 7 heteroatoms. The predicted octanol–water partition coefficient (Wildman–Crippen LogP) is 4.73. The number of hydrogen-bond acceptors (Lipinski definition) is 5. The highest BCUT2D eigenvalue weighted by Crippen LogP contribution is 2.36. The number of ether oxygens (including phenoxy) is 1. The average molecular weight is 395 g/mol. The zero-order chi connectivity index (χ0) is 20.1. The Morgan fingerprint density at radius 3 is 2.32 bits per heavy atom. The molecule has 1 heterocycles. The van der Waals surface area contributed by atoms with Crippen molar-refractivity contribution < 1.29 is 14.3 Å². The van der Waals surface area contributed by atoms with E-state index >= 15 is 0 Å². The SMILES string of the molecule is CCOc1ccc(C(=O)Nc2nc(-c3ccc(C)cc3)c(NC(C)=O)s2)cc1. The molecule has 1 aromatic heterocycles. The van der Waals surface area contributed by atoms with Crippen LogP contribution < -0.4 is 15.4 Å². The van der Waals surface area contributed by atoms with Gasteiger partial charge in [0.15, 0.2) is 5.13 Å². The maximum atomic E-state index is 12.5. The normalized spacial score (nSPS) is 10.4. The second kappa shape index (κ2) is 8.67. The number of thiazole rings is 1. The summed E-state index contributed by atoms with van der Waals surface area (Å²) in [5.74, 6) is 0.242. The van der Waals surface area contributed by atoms with Crippen molar-refractivity contribution in [3.8, 4) is 17.0 Å². The number of anilines is 2. The minimum atomic E-state index is -0.276. The summed E-state index contributed by atoms with van der Waals surface area (Å²) in [5.41, 5.74) is 3.12. The molecule has 0 aliphatic heterocycles. The maximum Gasteiger partial charge on any atom is 0.257 e. The minimum absolute atomic E-state index is 0.193. The van der Waals surface area contributed by atoms with E-state index in [4.69, 9.17) is 4.74 Å². The Morgan fingerprint density at radius 2 is 1.71 bits per heavy atom. The highest BCUT2D eigenvalue weighted by Gasteiger charge is 2.16. The zero-order valence-corrected chi connectivity index (χ0v) is 16.7. The van der Waals surface area contributed by atoms with Gasteiger partial charge in [-0.25, -0.2) is 4.98 Å². The zero-order valence-electron chi connectivity index (χ0n) is 15.9. The van der Waals surface area contributed by atoms with E-state index in [0.29, 0.717) is 33.7 Å². The quantitative estimate of drug-likeness (QED) is 0.632. The van der Waals surface area contributed by atoms with Gasteiger partial charge in [0.2, 0.25) is 5.91 Å². The van der Waals surface area contributed by atoms with Crippen LogP contribution >= 0.6 is 11.3 Å². The number of nitrogens with zero attached hydrogens (tertiary/aromatic N) is 1. The van der Waals surface area contributed by atoms with E-state index in [2.05, 4.69) is 15.6 Å². The molecular weight excluding hydrogens is 374 g/mol. The first-order valence-electron chi connectivity index (χ1n) is 8.86. The molecule has 0 saturated carbocycles. The van der Waals surface area contributed by atoms with E-state index in [0.717, 1.165) is 11.1 Å². The number of carbonyl (C=O) groups is 2. The second-order valence-corrected chi connectivity index (χ2v) is 7.15. The second-order valence-electron chi connectivity index (χ2n) is 6.16. The first-order chi connectivity index (χ1) is 13.5. The van der Waals surface area contributed by atoms with Crippen LogP contribution in [0.25, 0.3) is 11.3 Å². The molecule has 2 N–H and O–H groups in total. The standard InChI is InChI=1S/C21H21N3O3S/c1-4-27-17-11-9-16(10-12-17)19(26)24-21-23-18(20(28-21)22-14(3)25)15-7-5-13(2)6-8-15/h5-12H,4H2,1-3H3,(H,22,25)(H,23,24,26). The van der Waals surface area contributed by atoms with Crippen molar-refractivity contribution in [3.63, 3.8) is 0 Å². The summed E-state index contributed by atoms with van der Waals surface area (Å²) in [4.78, 5) is 28.6. The molecule has 0 saturated heterocycles. The summed E-state index contributed by atoms with van der Waals surface area (Å²) in [5, 5.41) is 6.60. The third-order valence-electron chi connectivity index (χ3n) is 3.89. The Kier molecular flexibility index (Phi) is 6.06. The summed E-state index contributed by atoms with van der Waals surface area (Å²) >= 11 is 1.22. The van der Waals surface area contributed by atoms with Gasteiger partial charge in [0.1, 0.15) is 16.4 Å². The van der Waals surface area contributed by atoms with Crippen LogP contribution in [-0.4, -0.2) is 23.4 Å². The minimum Gasteiger partial charge on any atom is -0.494 e. The molecule has 0 spiro atoms. The molecule has 3 rings (SSSR count). The van der Waals surface area contributed by atoms with E-state index in [1.165, 1.54) is 18.3 Å². The molecule has 28 heavy (non-hydrogen) atoms. The number of nitrogens with one attached hydrogen (secondary N) is 2.